The quantitative estimate of drug-likeness (QED) is 0.867. The molecule has 6 heteroatoms. The summed E-state index contributed by atoms with van der Waals surface area (Å²) in [5, 5.41) is 5.64. The summed E-state index contributed by atoms with van der Waals surface area (Å²) in [6.45, 7) is 2.34. The van der Waals surface area contributed by atoms with E-state index >= 15 is 0 Å². The Morgan fingerprint density at radius 1 is 1.18 bits per heavy atom. The first kappa shape index (κ1) is 16.6. The molecule has 122 valence electrons. The first-order valence-corrected chi connectivity index (χ1v) is 7.57. The van der Waals surface area contributed by atoms with E-state index in [2.05, 4.69) is 17.6 Å². The third-order valence-corrected chi connectivity index (χ3v) is 4.16. The van der Waals surface area contributed by atoms with Crippen molar-refractivity contribution in [2.24, 2.45) is 5.92 Å². The van der Waals surface area contributed by atoms with Gasteiger partial charge in [0.2, 0.25) is 0 Å². The van der Waals surface area contributed by atoms with E-state index in [1.807, 2.05) is 0 Å². The Balaban J connectivity index is 1.81. The van der Waals surface area contributed by atoms with Crippen molar-refractivity contribution in [2.75, 3.05) is 0 Å². The Morgan fingerprint density at radius 2 is 1.82 bits per heavy atom. The van der Waals surface area contributed by atoms with Gasteiger partial charge in [-0.25, -0.2) is 4.79 Å². The molecule has 2 rings (SSSR count). The van der Waals surface area contributed by atoms with Crippen LogP contribution in [0.4, 0.5) is 18.0 Å². The highest BCUT2D eigenvalue weighted by Gasteiger charge is 2.30. The topological polar surface area (TPSA) is 41.1 Å². The number of carbonyl (C=O) groups is 1. The Hall–Kier alpha value is -1.72. The monoisotopic (exact) mass is 314 g/mol. The van der Waals surface area contributed by atoms with E-state index in [0.717, 1.165) is 31.4 Å². The van der Waals surface area contributed by atoms with Gasteiger partial charge in [0.1, 0.15) is 0 Å². The molecule has 0 aromatic heterocycles. The van der Waals surface area contributed by atoms with Crippen molar-refractivity contribution in [3.63, 3.8) is 0 Å². The summed E-state index contributed by atoms with van der Waals surface area (Å²) >= 11 is 0. The van der Waals surface area contributed by atoms with Crippen LogP contribution in [0.2, 0.25) is 0 Å². The van der Waals surface area contributed by atoms with Gasteiger partial charge in [0.15, 0.2) is 0 Å². The van der Waals surface area contributed by atoms with E-state index < -0.39 is 11.7 Å². The van der Waals surface area contributed by atoms with Gasteiger partial charge in [-0.05, 0) is 36.5 Å². The number of hydrogen-bond acceptors (Lipinski definition) is 1. The average molecular weight is 314 g/mol. The molecule has 1 saturated carbocycles. The molecule has 3 nitrogen and oxygen atoms in total. The number of hydrogen-bond donors (Lipinski definition) is 2. The van der Waals surface area contributed by atoms with Gasteiger partial charge < -0.3 is 10.6 Å². The molecule has 0 heterocycles. The van der Waals surface area contributed by atoms with Crippen LogP contribution in [0.3, 0.4) is 0 Å². The van der Waals surface area contributed by atoms with Gasteiger partial charge in [0.05, 0.1) is 5.56 Å². The fourth-order valence-corrected chi connectivity index (χ4v) is 2.74. The molecular formula is C16H21F3N2O. The van der Waals surface area contributed by atoms with E-state index in [0.29, 0.717) is 11.5 Å². The van der Waals surface area contributed by atoms with Gasteiger partial charge in [0, 0.05) is 12.6 Å². The van der Waals surface area contributed by atoms with Crippen molar-refractivity contribution in [3.8, 4) is 0 Å². The molecule has 2 amide bonds. The maximum atomic E-state index is 12.5. The lowest BCUT2D eigenvalue weighted by Gasteiger charge is -2.29. The minimum Gasteiger partial charge on any atom is -0.335 e. The maximum absolute atomic E-state index is 12.5. The van der Waals surface area contributed by atoms with E-state index in [1.54, 1.807) is 0 Å². The molecule has 1 aromatic carbocycles. The molecule has 0 saturated heterocycles. The van der Waals surface area contributed by atoms with Crippen LogP contribution in [0.15, 0.2) is 24.3 Å². The molecule has 0 aliphatic heterocycles. The van der Waals surface area contributed by atoms with Crippen LogP contribution in [-0.2, 0) is 12.7 Å². The molecule has 0 spiro atoms. The van der Waals surface area contributed by atoms with Crippen LogP contribution in [0, 0.1) is 5.92 Å². The van der Waals surface area contributed by atoms with Crippen molar-refractivity contribution < 1.29 is 18.0 Å². The highest BCUT2D eigenvalue weighted by Crippen LogP contribution is 2.29. The van der Waals surface area contributed by atoms with Crippen molar-refractivity contribution in [1.82, 2.24) is 10.6 Å². The molecule has 0 radical (unpaired) electrons. The van der Waals surface area contributed by atoms with Gasteiger partial charge in [-0.2, -0.15) is 13.2 Å². The molecule has 1 aliphatic carbocycles. The predicted octanol–water partition coefficient (Wildman–Crippen LogP) is 4.08. The van der Waals surface area contributed by atoms with Crippen molar-refractivity contribution >= 4 is 6.03 Å². The molecule has 1 aliphatic rings. The smallest absolute Gasteiger partial charge is 0.335 e. The minimum absolute atomic E-state index is 0.182. The fourth-order valence-electron chi connectivity index (χ4n) is 2.74. The van der Waals surface area contributed by atoms with Gasteiger partial charge >= 0.3 is 12.2 Å². The summed E-state index contributed by atoms with van der Waals surface area (Å²) in [6, 6.07) is 4.73. The number of rotatable bonds is 3. The molecule has 1 aromatic rings. The molecule has 1 fully saturated rings. The van der Waals surface area contributed by atoms with Crippen LogP contribution < -0.4 is 10.6 Å². The zero-order chi connectivity index (χ0) is 16.2. The summed E-state index contributed by atoms with van der Waals surface area (Å²) in [6.07, 6.45) is 0.0832. The normalized spacial score (nSPS) is 22.2. The SMILES string of the molecule is C[C@H]1CCCC[C@H]1NC(=O)NCc1ccc(C(F)(F)F)cc1. The van der Waals surface area contributed by atoms with Crippen molar-refractivity contribution in [3.05, 3.63) is 35.4 Å². The highest BCUT2D eigenvalue weighted by molar-refractivity contribution is 5.74. The Labute approximate surface area is 128 Å². The van der Waals surface area contributed by atoms with Crippen LogP contribution in [-0.4, -0.2) is 12.1 Å². The van der Waals surface area contributed by atoms with E-state index in [-0.39, 0.29) is 18.6 Å². The van der Waals surface area contributed by atoms with Gasteiger partial charge in [0.25, 0.3) is 0 Å². The number of nitrogens with one attached hydrogen (secondary N) is 2. The second-order valence-electron chi connectivity index (χ2n) is 5.89. The number of amides is 2. The molecule has 2 atom stereocenters. The standard InChI is InChI=1S/C16H21F3N2O/c1-11-4-2-3-5-14(11)21-15(22)20-10-12-6-8-13(9-7-12)16(17,18)19/h6-9,11,14H,2-5,10H2,1H3,(H2,20,21,22)/t11-,14+/m0/s1. The largest absolute Gasteiger partial charge is 0.416 e. The van der Waals surface area contributed by atoms with Crippen LogP contribution in [0.1, 0.15) is 43.7 Å². The summed E-state index contributed by atoms with van der Waals surface area (Å²) in [5.41, 5.74) is -0.0448. The van der Waals surface area contributed by atoms with Crippen LogP contribution in [0.5, 0.6) is 0 Å². The van der Waals surface area contributed by atoms with E-state index in [4.69, 9.17) is 0 Å². The lowest BCUT2D eigenvalue weighted by atomic mass is 9.86. The Bertz CT molecular complexity index is 499. The Kier molecular flexibility index (Phi) is 5.32. The number of halogens is 3. The number of alkyl halides is 3. The van der Waals surface area contributed by atoms with Gasteiger partial charge in [-0.3, -0.25) is 0 Å². The maximum Gasteiger partial charge on any atom is 0.416 e. The number of urea groups is 1. The fraction of sp³-hybridized carbons (Fsp3) is 0.562. The number of benzene rings is 1. The second kappa shape index (κ2) is 7.03. The first-order valence-electron chi connectivity index (χ1n) is 7.57. The molecular weight excluding hydrogens is 293 g/mol. The van der Waals surface area contributed by atoms with E-state index in [1.165, 1.54) is 18.6 Å². The predicted molar refractivity (Wildman–Crippen MR) is 78.2 cm³/mol. The molecule has 22 heavy (non-hydrogen) atoms. The Morgan fingerprint density at radius 3 is 2.41 bits per heavy atom. The first-order chi connectivity index (χ1) is 10.4. The number of carbonyl (C=O) groups excluding carboxylic acids is 1. The van der Waals surface area contributed by atoms with Crippen LogP contribution in [0.25, 0.3) is 0 Å². The highest BCUT2D eigenvalue weighted by atomic mass is 19.4. The summed E-state index contributed by atoms with van der Waals surface area (Å²) in [7, 11) is 0. The summed E-state index contributed by atoms with van der Waals surface area (Å²) in [4.78, 5) is 11.9. The zero-order valence-corrected chi connectivity index (χ0v) is 12.5. The van der Waals surface area contributed by atoms with Crippen LogP contribution >= 0.6 is 0 Å². The van der Waals surface area contributed by atoms with Crippen molar-refractivity contribution in [1.29, 1.82) is 0 Å². The van der Waals surface area contributed by atoms with E-state index in [9.17, 15) is 18.0 Å². The summed E-state index contributed by atoms with van der Waals surface area (Å²) in [5.74, 6) is 0.463. The third kappa shape index (κ3) is 4.64. The average Bonchev–Trinajstić information content (AvgIpc) is 2.47. The summed E-state index contributed by atoms with van der Waals surface area (Å²) < 4.78 is 37.4. The van der Waals surface area contributed by atoms with Crippen molar-refractivity contribution in [2.45, 2.75) is 51.4 Å². The van der Waals surface area contributed by atoms with Gasteiger partial charge in [-0.1, -0.05) is 31.9 Å². The molecule has 0 unspecified atom stereocenters. The second-order valence-corrected chi connectivity index (χ2v) is 5.89. The lowest BCUT2D eigenvalue weighted by molar-refractivity contribution is -0.137. The minimum atomic E-state index is -4.33. The molecule has 0 bridgehead atoms. The lowest BCUT2D eigenvalue weighted by Crippen LogP contribution is -2.45. The molecule has 2 N–H and O–H groups in total. The third-order valence-electron chi connectivity index (χ3n) is 4.16. The van der Waals surface area contributed by atoms with Gasteiger partial charge in [-0.15, -0.1) is 0 Å². The zero-order valence-electron chi connectivity index (χ0n) is 12.5.